The summed E-state index contributed by atoms with van der Waals surface area (Å²) in [5, 5.41) is 8.98. The molecule has 0 aliphatic rings. The molecule has 1 aromatic rings. The van der Waals surface area contributed by atoms with E-state index in [1.807, 2.05) is 12.1 Å². The van der Waals surface area contributed by atoms with Crippen LogP contribution in [0, 0.1) is 0 Å². The number of hydrogen-bond acceptors (Lipinski definition) is 2. The van der Waals surface area contributed by atoms with Crippen molar-refractivity contribution in [2.45, 2.75) is 26.5 Å². The Morgan fingerprint density at radius 2 is 2.08 bits per heavy atom. The molecule has 2 nitrogen and oxygen atoms in total. The number of aryl methyl sites for hydroxylation is 1. The topological polar surface area (TPSA) is 46.2 Å². The zero-order valence-electron chi connectivity index (χ0n) is 7.38. The van der Waals surface area contributed by atoms with Crippen LogP contribution in [0.1, 0.15) is 23.6 Å². The van der Waals surface area contributed by atoms with Crippen LogP contribution in [0.5, 0.6) is 0 Å². The number of aliphatic hydroxyl groups is 1. The number of benzene rings is 1. The zero-order chi connectivity index (χ0) is 8.97. The quantitative estimate of drug-likeness (QED) is 0.707. The van der Waals surface area contributed by atoms with Gasteiger partial charge in [-0.25, -0.2) is 0 Å². The Morgan fingerprint density at radius 3 is 2.58 bits per heavy atom. The van der Waals surface area contributed by atoms with Crippen molar-refractivity contribution < 1.29 is 5.11 Å². The lowest BCUT2D eigenvalue weighted by Crippen LogP contribution is -1.99. The van der Waals surface area contributed by atoms with Crippen LogP contribution in [0.4, 0.5) is 0 Å². The Balaban J connectivity index is 3.02. The van der Waals surface area contributed by atoms with Gasteiger partial charge in [0.1, 0.15) is 0 Å². The molecular formula is C10H15NO. The van der Waals surface area contributed by atoms with Gasteiger partial charge in [-0.3, -0.25) is 0 Å². The normalized spacial score (nSPS) is 10.2. The fourth-order valence-electron chi connectivity index (χ4n) is 1.29. The third-order valence-electron chi connectivity index (χ3n) is 2.06. The molecular weight excluding hydrogens is 150 g/mol. The largest absolute Gasteiger partial charge is 0.392 e. The summed E-state index contributed by atoms with van der Waals surface area (Å²) in [6, 6.07) is 5.97. The van der Waals surface area contributed by atoms with E-state index in [-0.39, 0.29) is 6.61 Å². The molecule has 0 heterocycles. The highest BCUT2D eigenvalue weighted by Crippen LogP contribution is 2.12. The van der Waals surface area contributed by atoms with Crippen molar-refractivity contribution in [1.82, 2.24) is 0 Å². The molecule has 3 N–H and O–H groups in total. The van der Waals surface area contributed by atoms with Gasteiger partial charge in [0.2, 0.25) is 0 Å². The maximum Gasteiger partial charge on any atom is 0.0684 e. The van der Waals surface area contributed by atoms with E-state index in [0.29, 0.717) is 6.54 Å². The second kappa shape index (κ2) is 4.24. The van der Waals surface area contributed by atoms with Gasteiger partial charge in [0, 0.05) is 6.54 Å². The molecule has 0 spiro atoms. The van der Waals surface area contributed by atoms with E-state index >= 15 is 0 Å². The molecule has 0 bridgehead atoms. The fraction of sp³-hybridized carbons (Fsp3) is 0.400. The van der Waals surface area contributed by atoms with Crippen LogP contribution in [0.25, 0.3) is 0 Å². The lowest BCUT2D eigenvalue weighted by molar-refractivity contribution is 0.280. The first-order valence-corrected chi connectivity index (χ1v) is 4.23. The van der Waals surface area contributed by atoms with Gasteiger partial charge in [-0.05, 0) is 23.1 Å². The highest BCUT2D eigenvalue weighted by molar-refractivity contribution is 5.31. The summed E-state index contributed by atoms with van der Waals surface area (Å²) in [7, 11) is 0. The third-order valence-corrected chi connectivity index (χ3v) is 2.06. The van der Waals surface area contributed by atoms with E-state index in [4.69, 9.17) is 10.8 Å². The van der Waals surface area contributed by atoms with E-state index in [0.717, 1.165) is 17.5 Å². The molecule has 1 aromatic carbocycles. The van der Waals surface area contributed by atoms with Crippen LogP contribution in [0.15, 0.2) is 18.2 Å². The lowest BCUT2D eigenvalue weighted by Gasteiger charge is -2.06. The maximum absolute atomic E-state index is 8.98. The average molecular weight is 165 g/mol. The predicted octanol–water partition coefficient (Wildman–Crippen LogP) is 1.20. The number of rotatable bonds is 3. The van der Waals surface area contributed by atoms with Crippen LogP contribution in [0.3, 0.4) is 0 Å². The Morgan fingerprint density at radius 1 is 1.33 bits per heavy atom. The molecule has 0 fully saturated rings. The molecule has 0 unspecified atom stereocenters. The minimum Gasteiger partial charge on any atom is -0.392 e. The number of hydrogen-bond donors (Lipinski definition) is 2. The van der Waals surface area contributed by atoms with E-state index in [2.05, 4.69) is 13.0 Å². The number of aliphatic hydroxyl groups excluding tert-OH is 1. The summed E-state index contributed by atoms with van der Waals surface area (Å²) >= 11 is 0. The summed E-state index contributed by atoms with van der Waals surface area (Å²) in [5.74, 6) is 0. The molecule has 0 saturated carbocycles. The Hall–Kier alpha value is -0.860. The highest BCUT2D eigenvalue weighted by atomic mass is 16.3. The van der Waals surface area contributed by atoms with Gasteiger partial charge in [0.15, 0.2) is 0 Å². The molecule has 0 aromatic heterocycles. The first-order valence-electron chi connectivity index (χ1n) is 4.23. The van der Waals surface area contributed by atoms with E-state index in [9.17, 15) is 0 Å². The zero-order valence-corrected chi connectivity index (χ0v) is 7.38. The summed E-state index contributed by atoms with van der Waals surface area (Å²) in [4.78, 5) is 0. The summed E-state index contributed by atoms with van der Waals surface area (Å²) in [6.45, 7) is 2.77. The second-order valence-electron chi connectivity index (χ2n) is 2.82. The molecule has 0 aliphatic carbocycles. The van der Waals surface area contributed by atoms with E-state index < -0.39 is 0 Å². The van der Waals surface area contributed by atoms with Crippen molar-refractivity contribution in [1.29, 1.82) is 0 Å². The van der Waals surface area contributed by atoms with Crippen LogP contribution in [-0.4, -0.2) is 5.11 Å². The van der Waals surface area contributed by atoms with E-state index in [1.165, 1.54) is 5.56 Å². The Bertz CT molecular complexity index is 258. The molecule has 0 radical (unpaired) electrons. The Kier molecular flexibility index (Phi) is 3.26. The summed E-state index contributed by atoms with van der Waals surface area (Å²) in [6.07, 6.45) is 0.948. The third kappa shape index (κ3) is 1.84. The van der Waals surface area contributed by atoms with Gasteiger partial charge in [0.25, 0.3) is 0 Å². The van der Waals surface area contributed by atoms with Crippen LogP contribution < -0.4 is 5.73 Å². The van der Waals surface area contributed by atoms with Gasteiger partial charge in [-0.15, -0.1) is 0 Å². The average Bonchev–Trinajstić information content (AvgIpc) is 2.16. The standard InChI is InChI=1S/C10H15NO/c1-2-9-5-8(6-11)3-4-10(9)7-12/h3-5,12H,2,6-7,11H2,1H3. The smallest absolute Gasteiger partial charge is 0.0684 e. The molecule has 1 rings (SSSR count). The summed E-state index contributed by atoms with van der Waals surface area (Å²) in [5.41, 5.74) is 8.84. The fourth-order valence-corrected chi connectivity index (χ4v) is 1.29. The van der Waals surface area contributed by atoms with Gasteiger partial charge >= 0.3 is 0 Å². The predicted molar refractivity (Wildman–Crippen MR) is 49.6 cm³/mol. The van der Waals surface area contributed by atoms with Gasteiger partial charge in [-0.1, -0.05) is 25.1 Å². The van der Waals surface area contributed by atoms with Gasteiger partial charge in [-0.2, -0.15) is 0 Å². The van der Waals surface area contributed by atoms with Crippen molar-refractivity contribution >= 4 is 0 Å². The Labute approximate surface area is 73.0 Å². The van der Waals surface area contributed by atoms with Crippen molar-refractivity contribution in [3.05, 3.63) is 34.9 Å². The van der Waals surface area contributed by atoms with Crippen molar-refractivity contribution in [3.63, 3.8) is 0 Å². The monoisotopic (exact) mass is 165 g/mol. The summed E-state index contributed by atoms with van der Waals surface area (Å²) < 4.78 is 0. The van der Waals surface area contributed by atoms with Gasteiger partial charge in [0.05, 0.1) is 6.61 Å². The van der Waals surface area contributed by atoms with Crippen LogP contribution >= 0.6 is 0 Å². The van der Waals surface area contributed by atoms with Gasteiger partial charge < -0.3 is 10.8 Å². The van der Waals surface area contributed by atoms with Crippen molar-refractivity contribution in [2.75, 3.05) is 0 Å². The number of nitrogens with two attached hydrogens (primary N) is 1. The highest BCUT2D eigenvalue weighted by Gasteiger charge is 1.99. The second-order valence-corrected chi connectivity index (χ2v) is 2.82. The lowest BCUT2D eigenvalue weighted by atomic mass is 10.0. The molecule has 66 valence electrons. The van der Waals surface area contributed by atoms with Crippen LogP contribution in [0.2, 0.25) is 0 Å². The first kappa shape index (κ1) is 9.23. The van der Waals surface area contributed by atoms with Crippen molar-refractivity contribution in [3.8, 4) is 0 Å². The SMILES string of the molecule is CCc1cc(CN)ccc1CO. The maximum atomic E-state index is 8.98. The molecule has 0 atom stereocenters. The van der Waals surface area contributed by atoms with Crippen molar-refractivity contribution in [2.24, 2.45) is 5.73 Å². The molecule has 0 saturated heterocycles. The van der Waals surface area contributed by atoms with Crippen LogP contribution in [-0.2, 0) is 19.6 Å². The molecule has 0 amide bonds. The minimum atomic E-state index is 0.119. The van der Waals surface area contributed by atoms with E-state index in [1.54, 1.807) is 0 Å². The molecule has 2 heteroatoms. The molecule has 0 aliphatic heterocycles. The molecule has 12 heavy (non-hydrogen) atoms. The minimum absolute atomic E-state index is 0.119. The first-order chi connectivity index (χ1) is 5.81.